The lowest BCUT2D eigenvalue weighted by Gasteiger charge is -2.01. The van der Waals surface area contributed by atoms with Crippen LogP contribution in [0.15, 0.2) is 0 Å². The van der Waals surface area contributed by atoms with Crippen molar-refractivity contribution in [3.05, 3.63) is 0 Å². The highest BCUT2D eigenvalue weighted by Gasteiger charge is 2.43. The van der Waals surface area contributed by atoms with E-state index in [0.717, 1.165) is 18.0 Å². The van der Waals surface area contributed by atoms with Crippen molar-refractivity contribution in [3.63, 3.8) is 0 Å². The quantitative estimate of drug-likeness (QED) is 0.527. The Morgan fingerprint density at radius 1 is 1.33 bits per heavy atom. The average molecular weight is 129 g/mol. The van der Waals surface area contributed by atoms with E-state index in [2.05, 4.69) is 12.2 Å². The summed E-state index contributed by atoms with van der Waals surface area (Å²) >= 11 is 0. The van der Waals surface area contributed by atoms with Crippen LogP contribution in [0.25, 0.3) is 0 Å². The molecule has 1 saturated heterocycles. The van der Waals surface area contributed by atoms with Crippen LogP contribution in [-0.4, -0.2) is 12.1 Å². The van der Waals surface area contributed by atoms with Crippen LogP contribution in [0.3, 0.4) is 0 Å². The van der Waals surface area contributed by atoms with E-state index in [9.17, 15) is 0 Å². The van der Waals surface area contributed by atoms with E-state index < -0.39 is 0 Å². The zero-order valence-electron chi connectivity index (χ0n) is 6.65. The minimum absolute atomic E-state index is 0. The van der Waals surface area contributed by atoms with Crippen LogP contribution < -0.4 is 5.32 Å². The van der Waals surface area contributed by atoms with Gasteiger partial charge in [0, 0.05) is 13.5 Å². The molecule has 56 valence electrons. The first-order valence-electron chi connectivity index (χ1n) is 4.12. The van der Waals surface area contributed by atoms with Crippen molar-refractivity contribution >= 4 is 0 Å². The van der Waals surface area contributed by atoms with Gasteiger partial charge in [-0.3, -0.25) is 0 Å². The Balaban J connectivity index is 0.000000251. The monoisotopic (exact) mass is 129 g/mol. The summed E-state index contributed by atoms with van der Waals surface area (Å²) in [7, 11) is 0. The molecule has 1 heteroatoms. The van der Waals surface area contributed by atoms with Gasteiger partial charge < -0.3 is 5.32 Å². The van der Waals surface area contributed by atoms with Crippen molar-refractivity contribution < 1.29 is 1.43 Å². The summed E-state index contributed by atoms with van der Waals surface area (Å²) in [5.74, 6) is 1.08. The second-order valence-corrected chi connectivity index (χ2v) is 2.91. The third-order valence-corrected chi connectivity index (χ3v) is 2.08. The molecule has 2 rings (SSSR count). The van der Waals surface area contributed by atoms with Gasteiger partial charge in [-0.25, -0.2) is 0 Å². The van der Waals surface area contributed by atoms with Crippen LogP contribution >= 0.6 is 0 Å². The molecule has 1 aliphatic carbocycles. The SMILES string of the molecule is CC.CC1CC2CC2N1.[HH]. The first kappa shape index (κ1) is 7.07. The molecule has 3 unspecified atom stereocenters. The zero-order chi connectivity index (χ0) is 6.85. The molecule has 0 spiro atoms. The summed E-state index contributed by atoms with van der Waals surface area (Å²) in [5.41, 5.74) is 0. The van der Waals surface area contributed by atoms with E-state index in [1.54, 1.807) is 0 Å². The van der Waals surface area contributed by atoms with Gasteiger partial charge in [-0.05, 0) is 25.7 Å². The Bertz CT molecular complexity index is 85.3. The molecule has 1 aliphatic heterocycles. The minimum Gasteiger partial charge on any atom is -0.311 e. The molecule has 2 aliphatic rings. The first-order valence-corrected chi connectivity index (χ1v) is 4.12. The predicted octanol–water partition coefficient (Wildman–Crippen LogP) is 2.03. The molecule has 3 atom stereocenters. The molecule has 0 aromatic rings. The molecule has 1 heterocycles. The highest BCUT2D eigenvalue weighted by Crippen LogP contribution is 2.40. The zero-order valence-corrected chi connectivity index (χ0v) is 6.65. The maximum Gasteiger partial charge on any atom is 0.0102 e. The smallest absolute Gasteiger partial charge is 0.0102 e. The standard InChI is InChI=1S/C6H11N.C2H6.H2/c1-4-2-5-3-6(5)7-4;1-2;/h4-7H,2-3H2,1H3;1-2H3;1H. The Hall–Kier alpha value is -0.0400. The van der Waals surface area contributed by atoms with Crippen LogP contribution in [0.5, 0.6) is 0 Å². The molecule has 1 nitrogen and oxygen atoms in total. The lowest BCUT2D eigenvalue weighted by atomic mass is 10.2. The van der Waals surface area contributed by atoms with Gasteiger partial charge in [0.25, 0.3) is 0 Å². The third kappa shape index (κ3) is 1.45. The molecule has 0 aromatic carbocycles. The lowest BCUT2D eigenvalue weighted by Crippen LogP contribution is -2.21. The highest BCUT2D eigenvalue weighted by molar-refractivity contribution is 5.01. The highest BCUT2D eigenvalue weighted by atomic mass is 15.0. The second-order valence-electron chi connectivity index (χ2n) is 2.91. The molecule has 0 amide bonds. The molecule has 2 fully saturated rings. The fourth-order valence-corrected chi connectivity index (χ4v) is 1.60. The Morgan fingerprint density at radius 3 is 2.22 bits per heavy atom. The fraction of sp³-hybridized carbons (Fsp3) is 1.00. The van der Waals surface area contributed by atoms with E-state index >= 15 is 0 Å². The molecular formula is C8H19N. The predicted molar refractivity (Wildman–Crippen MR) is 42.6 cm³/mol. The maximum absolute atomic E-state index is 3.49. The number of hydrogen-bond donors (Lipinski definition) is 1. The second kappa shape index (κ2) is 2.70. The molecule has 0 aromatic heterocycles. The van der Waals surface area contributed by atoms with Crippen LogP contribution in [-0.2, 0) is 0 Å². The first-order chi connectivity index (χ1) is 4.36. The van der Waals surface area contributed by atoms with Gasteiger partial charge in [0.1, 0.15) is 0 Å². The lowest BCUT2D eigenvalue weighted by molar-refractivity contribution is 0.584. The Kier molecular flexibility index (Phi) is 2.12. The molecule has 1 saturated carbocycles. The van der Waals surface area contributed by atoms with E-state index in [1.807, 2.05) is 13.8 Å². The number of nitrogens with one attached hydrogen (secondary N) is 1. The van der Waals surface area contributed by atoms with Gasteiger partial charge in [0.05, 0.1) is 0 Å². The summed E-state index contributed by atoms with van der Waals surface area (Å²) in [5, 5.41) is 3.49. The fourth-order valence-electron chi connectivity index (χ4n) is 1.60. The van der Waals surface area contributed by atoms with Crippen molar-refractivity contribution in [2.24, 2.45) is 5.92 Å². The molecule has 1 N–H and O–H groups in total. The van der Waals surface area contributed by atoms with Gasteiger partial charge in [-0.2, -0.15) is 0 Å². The summed E-state index contributed by atoms with van der Waals surface area (Å²) < 4.78 is 0. The summed E-state index contributed by atoms with van der Waals surface area (Å²) in [6.45, 7) is 6.27. The van der Waals surface area contributed by atoms with Gasteiger partial charge in [-0.15, -0.1) is 0 Å². The number of fused-ring (bicyclic) bond motifs is 1. The normalized spacial score (nSPS) is 45.0. The van der Waals surface area contributed by atoms with Crippen molar-refractivity contribution in [2.45, 2.75) is 45.7 Å². The van der Waals surface area contributed by atoms with Gasteiger partial charge >= 0.3 is 0 Å². The topological polar surface area (TPSA) is 12.0 Å². The molecule has 9 heavy (non-hydrogen) atoms. The van der Waals surface area contributed by atoms with Crippen molar-refractivity contribution in [1.82, 2.24) is 5.32 Å². The van der Waals surface area contributed by atoms with E-state index in [4.69, 9.17) is 0 Å². The van der Waals surface area contributed by atoms with Crippen LogP contribution in [0.1, 0.15) is 35.0 Å². The Labute approximate surface area is 59.3 Å². The van der Waals surface area contributed by atoms with Gasteiger partial charge in [-0.1, -0.05) is 13.8 Å². The third-order valence-electron chi connectivity index (χ3n) is 2.08. The Morgan fingerprint density at radius 2 is 2.00 bits per heavy atom. The van der Waals surface area contributed by atoms with Crippen LogP contribution in [0.4, 0.5) is 0 Å². The number of piperidine rings is 1. The number of hydrogen-bond acceptors (Lipinski definition) is 1. The molecule has 0 bridgehead atoms. The summed E-state index contributed by atoms with van der Waals surface area (Å²) in [6.07, 6.45) is 2.90. The van der Waals surface area contributed by atoms with Crippen molar-refractivity contribution in [2.75, 3.05) is 0 Å². The van der Waals surface area contributed by atoms with Crippen LogP contribution in [0, 0.1) is 5.92 Å². The van der Waals surface area contributed by atoms with Crippen molar-refractivity contribution in [3.8, 4) is 0 Å². The maximum atomic E-state index is 3.49. The largest absolute Gasteiger partial charge is 0.311 e. The van der Waals surface area contributed by atoms with E-state index in [0.29, 0.717) is 0 Å². The molecule has 0 radical (unpaired) electrons. The number of rotatable bonds is 0. The average Bonchev–Trinajstić information content (AvgIpc) is 2.46. The van der Waals surface area contributed by atoms with Gasteiger partial charge in [0.15, 0.2) is 0 Å². The van der Waals surface area contributed by atoms with E-state index in [-0.39, 0.29) is 1.43 Å². The molecular weight excluding hydrogens is 110 g/mol. The summed E-state index contributed by atoms with van der Waals surface area (Å²) in [4.78, 5) is 0. The summed E-state index contributed by atoms with van der Waals surface area (Å²) in [6, 6.07) is 1.76. The van der Waals surface area contributed by atoms with Crippen molar-refractivity contribution in [1.29, 1.82) is 0 Å². The van der Waals surface area contributed by atoms with Crippen LogP contribution in [0.2, 0.25) is 0 Å². The minimum atomic E-state index is 0. The van der Waals surface area contributed by atoms with E-state index in [1.165, 1.54) is 12.8 Å². The van der Waals surface area contributed by atoms with Gasteiger partial charge in [0.2, 0.25) is 0 Å².